The largest absolute Gasteiger partial charge is 0.323 e. The topological polar surface area (TPSA) is 54.0 Å². The third-order valence-electron chi connectivity index (χ3n) is 3.03. The van der Waals surface area contributed by atoms with Crippen LogP contribution < -0.4 is 10.6 Å². The molecule has 7 heteroatoms. The lowest BCUT2D eigenvalue weighted by atomic mass is 10.1. The maximum atomic E-state index is 13.8. The number of pyridine rings is 1. The molecule has 3 rings (SSSR count). The van der Waals surface area contributed by atoms with E-state index in [1.807, 2.05) is 0 Å². The van der Waals surface area contributed by atoms with E-state index < -0.39 is 11.3 Å². The summed E-state index contributed by atoms with van der Waals surface area (Å²) >= 11 is 11.6. The highest BCUT2D eigenvalue weighted by Gasteiger charge is 2.35. The SMILES string of the molecule is O=C1NC2=C(CNC2Cl)/C1=C/c1ccnc(Cl)c1F. The molecule has 4 nitrogen and oxygen atoms in total. The van der Waals surface area contributed by atoms with Crippen LogP contribution in [0.25, 0.3) is 6.08 Å². The van der Waals surface area contributed by atoms with Crippen LogP contribution in [0.2, 0.25) is 5.15 Å². The fraction of sp³-hybridized carbons (Fsp3) is 0.167. The van der Waals surface area contributed by atoms with Gasteiger partial charge in [0.05, 0.1) is 5.70 Å². The maximum Gasteiger partial charge on any atom is 0.255 e. The number of nitrogens with one attached hydrogen (secondary N) is 2. The first kappa shape index (κ1) is 12.6. The van der Waals surface area contributed by atoms with Gasteiger partial charge in [-0.25, -0.2) is 9.37 Å². The summed E-state index contributed by atoms with van der Waals surface area (Å²) in [5.74, 6) is -0.934. The van der Waals surface area contributed by atoms with Gasteiger partial charge in [0.2, 0.25) is 0 Å². The Hall–Kier alpha value is -1.43. The quantitative estimate of drug-likeness (QED) is 0.360. The summed E-state index contributed by atoms with van der Waals surface area (Å²) in [4.78, 5) is 15.5. The minimum absolute atomic E-state index is 0.219. The van der Waals surface area contributed by atoms with Crippen LogP contribution >= 0.6 is 23.2 Å². The van der Waals surface area contributed by atoms with Crippen LogP contribution in [0, 0.1) is 5.82 Å². The molecule has 1 aromatic heterocycles. The lowest BCUT2D eigenvalue weighted by molar-refractivity contribution is -0.116. The van der Waals surface area contributed by atoms with Gasteiger partial charge in [0.15, 0.2) is 11.0 Å². The average molecular weight is 300 g/mol. The predicted molar refractivity (Wildman–Crippen MR) is 70.0 cm³/mol. The zero-order valence-electron chi connectivity index (χ0n) is 9.51. The van der Waals surface area contributed by atoms with E-state index in [9.17, 15) is 9.18 Å². The van der Waals surface area contributed by atoms with Crippen molar-refractivity contribution in [2.24, 2.45) is 0 Å². The average Bonchev–Trinajstić information content (AvgIpc) is 2.87. The third-order valence-corrected chi connectivity index (χ3v) is 3.67. The first-order valence-corrected chi connectivity index (χ1v) is 6.33. The summed E-state index contributed by atoms with van der Waals surface area (Å²) in [5.41, 5.74) is 1.59. The van der Waals surface area contributed by atoms with E-state index in [0.717, 1.165) is 5.57 Å². The number of nitrogens with zero attached hydrogens (tertiary/aromatic N) is 1. The summed E-state index contributed by atoms with van der Waals surface area (Å²) in [6.45, 7) is 0.467. The van der Waals surface area contributed by atoms with Crippen LogP contribution in [0.4, 0.5) is 4.39 Å². The molecule has 2 aliphatic rings. The molecule has 0 radical (unpaired) electrons. The Morgan fingerprint density at radius 2 is 2.32 bits per heavy atom. The van der Waals surface area contributed by atoms with Crippen molar-refractivity contribution in [2.45, 2.75) is 5.50 Å². The number of carbonyl (C=O) groups is 1. The number of carbonyl (C=O) groups excluding carboxylic acids is 1. The summed E-state index contributed by atoms with van der Waals surface area (Å²) < 4.78 is 13.8. The summed E-state index contributed by atoms with van der Waals surface area (Å²) in [7, 11) is 0. The summed E-state index contributed by atoms with van der Waals surface area (Å²) in [5, 5.41) is 5.44. The van der Waals surface area contributed by atoms with Gasteiger partial charge >= 0.3 is 0 Å². The van der Waals surface area contributed by atoms with Crippen LogP contribution in [-0.2, 0) is 4.79 Å². The van der Waals surface area contributed by atoms with Gasteiger partial charge in [-0.15, -0.1) is 0 Å². The van der Waals surface area contributed by atoms with E-state index in [-0.39, 0.29) is 16.6 Å². The van der Waals surface area contributed by atoms with Gasteiger partial charge in [0, 0.05) is 29.5 Å². The Morgan fingerprint density at radius 1 is 1.53 bits per heavy atom. The Morgan fingerprint density at radius 3 is 3.11 bits per heavy atom. The van der Waals surface area contributed by atoms with Crippen molar-refractivity contribution < 1.29 is 9.18 Å². The van der Waals surface area contributed by atoms with Crippen molar-refractivity contribution in [3.05, 3.63) is 45.6 Å². The van der Waals surface area contributed by atoms with Gasteiger partial charge in [-0.1, -0.05) is 23.2 Å². The Balaban J connectivity index is 2.06. The Kier molecular flexibility index (Phi) is 3.05. The molecule has 1 aromatic rings. The number of halogens is 3. The van der Waals surface area contributed by atoms with Gasteiger partial charge < -0.3 is 5.32 Å². The molecule has 0 bridgehead atoms. The highest BCUT2D eigenvalue weighted by atomic mass is 35.5. The van der Waals surface area contributed by atoms with Crippen molar-refractivity contribution in [1.29, 1.82) is 0 Å². The molecule has 98 valence electrons. The van der Waals surface area contributed by atoms with E-state index in [2.05, 4.69) is 15.6 Å². The highest BCUT2D eigenvalue weighted by molar-refractivity contribution is 6.29. The van der Waals surface area contributed by atoms with Crippen LogP contribution in [0.5, 0.6) is 0 Å². The molecule has 3 heterocycles. The first-order chi connectivity index (χ1) is 9.08. The van der Waals surface area contributed by atoms with Crippen LogP contribution in [0.1, 0.15) is 5.56 Å². The van der Waals surface area contributed by atoms with E-state index in [4.69, 9.17) is 23.2 Å². The van der Waals surface area contributed by atoms with E-state index in [0.29, 0.717) is 17.8 Å². The molecule has 0 spiro atoms. The van der Waals surface area contributed by atoms with Crippen molar-refractivity contribution in [3.63, 3.8) is 0 Å². The first-order valence-electron chi connectivity index (χ1n) is 5.52. The van der Waals surface area contributed by atoms with Crippen molar-refractivity contribution in [2.75, 3.05) is 6.54 Å². The van der Waals surface area contributed by atoms with E-state index >= 15 is 0 Å². The van der Waals surface area contributed by atoms with Gasteiger partial charge in [0.1, 0.15) is 5.50 Å². The number of amides is 1. The molecule has 2 N–H and O–H groups in total. The molecular weight excluding hydrogens is 292 g/mol. The zero-order chi connectivity index (χ0) is 13.6. The van der Waals surface area contributed by atoms with Crippen molar-refractivity contribution in [3.8, 4) is 0 Å². The van der Waals surface area contributed by atoms with Crippen LogP contribution in [0.15, 0.2) is 29.1 Å². The molecule has 0 saturated heterocycles. The molecule has 0 aromatic carbocycles. The second-order valence-corrected chi connectivity index (χ2v) is 4.95. The Bertz CT molecular complexity index is 642. The molecule has 0 aliphatic carbocycles. The third kappa shape index (κ3) is 2.04. The van der Waals surface area contributed by atoms with Crippen LogP contribution in [-0.4, -0.2) is 22.9 Å². The number of hydrogen-bond acceptors (Lipinski definition) is 3. The molecule has 0 fully saturated rings. The zero-order valence-corrected chi connectivity index (χ0v) is 11.0. The number of hydrogen-bond donors (Lipinski definition) is 2. The monoisotopic (exact) mass is 299 g/mol. The van der Waals surface area contributed by atoms with Crippen LogP contribution in [0.3, 0.4) is 0 Å². The molecule has 2 aliphatic heterocycles. The van der Waals surface area contributed by atoms with E-state index in [1.54, 1.807) is 0 Å². The smallest absolute Gasteiger partial charge is 0.255 e. The standard InChI is InChI=1S/C12H8Cl2FN3O/c13-10-8(15)5(1-2-16-10)3-6-7-4-17-11(14)9(7)18-12(6)19/h1-3,11,17H,4H2,(H,18,19)/b6-3-. The minimum Gasteiger partial charge on any atom is -0.323 e. The number of alkyl halides is 1. The lowest BCUT2D eigenvalue weighted by Crippen LogP contribution is -2.29. The van der Waals surface area contributed by atoms with Gasteiger partial charge in [-0.05, 0) is 12.1 Å². The molecule has 1 unspecified atom stereocenters. The molecular formula is C12H8Cl2FN3O. The predicted octanol–water partition coefficient (Wildman–Crippen LogP) is 1.81. The normalized spacial score (nSPS) is 24.1. The fourth-order valence-corrected chi connectivity index (χ4v) is 2.53. The maximum absolute atomic E-state index is 13.8. The lowest BCUT2D eigenvalue weighted by Gasteiger charge is -2.06. The highest BCUT2D eigenvalue weighted by Crippen LogP contribution is 2.31. The number of aromatic nitrogens is 1. The second kappa shape index (κ2) is 4.59. The summed E-state index contributed by atoms with van der Waals surface area (Å²) in [6.07, 6.45) is 2.84. The molecule has 19 heavy (non-hydrogen) atoms. The van der Waals surface area contributed by atoms with Crippen molar-refractivity contribution in [1.82, 2.24) is 15.6 Å². The second-order valence-electron chi connectivity index (χ2n) is 4.15. The van der Waals surface area contributed by atoms with Crippen molar-refractivity contribution >= 4 is 35.2 Å². The molecule has 0 saturated carbocycles. The van der Waals surface area contributed by atoms with E-state index in [1.165, 1.54) is 18.3 Å². The molecule has 1 amide bonds. The van der Waals surface area contributed by atoms with Gasteiger partial charge in [0.25, 0.3) is 5.91 Å². The minimum atomic E-state index is -0.646. The summed E-state index contributed by atoms with van der Waals surface area (Å²) in [6, 6.07) is 1.46. The number of rotatable bonds is 1. The Labute approximate surface area is 118 Å². The van der Waals surface area contributed by atoms with Gasteiger partial charge in [-0.2, -0.15) is 0 Å². The fourth-order valence-electron chi connectivity index (χ4n) is 2.10. The van der Waals surface area contributed by atoms with Gasteiger partial charge in [-0.3, -0.25) is 10.1 Å². The molecule has 1 atom stereocenters.